The molecule has 0 radical (unpaired) electrons. The number of hydrogen-bond acceptors (Lipinski definition) is 4. The van der Waals surface area contributed by atoms with E-state index in [0.29, 0.717) is 6.42 Å². The van der Waals surface area contributed by atoms with E-state index >= 15 is 0 Å². The van der Waals surface area contributed by atoms with Crippen LogP contribution in [0.25, 0.3) is 0 Å². The second kappa shape index (κ2) is 6.61. The summed E-state index contributed by atoms with van der Waals surface area (Å²) in [4.78, 5) is 11.7. The Bertz CT molecular complexity index is 349. The number of hydrogen-bond donors (Lipinski definition) is 1. The van der Waals surface area contributed by atoms with Gasteiger partial charge in [0.05, 0.1) is 12.1 Å². The van der Waals surface area contributed by atoms with Gasteiger partial charge in [0.1, 0.15) is 6.61 Å². The lowest BCUT2D eigenvalue weighted by Gasteiger charge is -2.13. The number of esters is 1. The summed E-state index contributed by atoms with van der Waals surface area (Å²) in [6.45, 7) is 2.08. The molecule has 0 amide bonds. The summed E-state index contributed by atoms with van der Waals surface area (Å²) in [6, 6.07) is 9.58. The minimum Gasteiger partial charge on any atom is -0.459 e. The van der Waals surface area contributed by atoms with Crippen molar-refractivity contribution in [1.82, 2.24) is 0 Å². The molecular weight excluding hydrogens is 204 g/mol. The summed E-state index contributed by atoms with van der Waals surface area (Å²) in [7, 11) is 0. The number of carbonyl (C=O) groups is 1. The third-order valence-electron chi connectivity index (χ3n) is 2.30. The summed E-state index contributed by atoms with van der Waals surface area (Å²) in [5.74, 6) is 4.46. The topological polar surface area (TPSA) is 64.7 Å². The Hall–Kier alpha value is -1.84. The predicted octanol–water partition coefficient (Wildman–Crippen LogP) is 1.67. The molecule has 0 aliphatic heterocycles. The van der Waals surface area contributed by atoms with Crippen molar-refractivity contribution >= 4 is 12.2 Å². The average Bonchev–Trinajstić information content (AvgIpc) is 2.32. The molecule has 16 heavy (non-hydrogen) atoms. The maximum atomic E-state index is 11.7. The van der Waals surface area contributed by atoms with Crippen molar-refractivity contribution in [3.63, 3.8) is 0 Å². The first-order valence-corrected chi connectivity index (χ1v) is 5.22. The molecule has 0 aromatic heterocycles. The molecule has 0 aliphatic carbocycles. The maximum absolute atomic E-state index is 11.7. The Balaban J connectivity index is 2.64. The minimum atomic E-state index is -0.242. The fourth-order valence-electron chi connectivity index (χ4n) is 1.49. The molecule has 0 saturated carbocycles. The normalized spacial score (nSPS) is 12.6. The van der Waals surface area contributed by atoms with Crippen LogP contribution in [0.5, 0.6) is 0 Å². The predicted molar refractivity (Wildman–Crippen MR) is 63.1 cm³/mol. The van der Waals surface area contributed by atoms with E-state index < -0.39 is 0 Å². The van der Waals surface area contributed by atoms with E-state index in [1.54, 1.807) is 0 Å². The number of carbonyl (C=O) groups excluding carboxylic acids is 1. The first-order chi connectivity index (χ1) is 7.79. The van der Waals surface area contributed by atoms with Crippen molar-refractivity contribution in [1.29, 1.82) is 0 Å². The van der Waals surface area contributed by atoms with Crippen LogP contribution < -0.4 is 5.84 Å². The Morgan fingerprint density at radius 1 is 1.50 bits per heavy atom. The van der Waals surface area contributed by atoms with E-state index in [1.165, 1.54) is 6.21 Å². The van der Waals surface area contributed by atoms with Crippen molar-refractivity contribution in [2.45, 2.75) is 19.3 Å². The largest absolute Gasteiger partial charge is 0.459 e. The zero-order valence-corrected chi connectivity index (χ0v) is 9.30. The summed E-state index contributed by atoms with van der Waals surface area (Å²) in [5, 5.41) is 3.26. The number of ether oxygens (including phenoxy) is 1. The van der Waals surface area contributed by atoms with Crippen LogP contribution >= 0.6 is 0 Å². The van der Waals surface area contributed by atoms with Crippen LogP contribution in [0.15, 0.2) is 35.4 Å². The summed E-state index contributed by atoms with van der Waals surface area (Å²) in [5.41, 5.74) is 0.972. The number of rotatable bonds is 5. The molecule has 1 aromatic rings. The molecule has 4 heteroatoms. The molecule has 1 aromatic carbocycles. The standard InChI is InChI=1S/C12H16N2O2/c1-2-11(10-6-4-3-5-7-10)12(15)16-9-8-14-13/h3-8,11H,2,9,13H2,1H3. The monoisotopic (exact) mass is 220 g/mol. The number of benzene rings is 1. The highest BCUT2D eigenvalue weighted by Gasteiger charge is 2.19. The third-order valence-corrected chi connectivity index (χ3v) is 2.30. The second-order valence-corrected chi connectivity index (χ2v) is 3.33. The van der Waals surface area contributed by atoms with Crippen LogP contribution in [0.1, 0.15) is 24.8 Å². The molecule has 86 valence electrons. The quantitative estimate of drug-likeness (QED) is 0.355. The maximum Gasteiger partial charge on any atom is 0.313 e. The molecular formula is C12H16N2O2. The molecule has 4 nitrogen and oxygen atoms in total. The van der Waals surface area contributed by atoms with Gasteiger partial charge < -0.3 is 10.6 Å². The second-order valence-electron chi connectivity index (χ2n) is 3.33. The highest BCUT2D eigenvalue weighted by Crippen LogP contribution is 2.20. The van der Waals surface area contributed by atoms with Gasteiger partial charge in [0.2, 0.25) is 0 Å². The van der Waals surface area contributed by atoms with Crippen LogP contribution in [0, 0.1) is 0 Å². The lowest BCUT2D eigenvalue weighted by atomic mass is 9.97. The Morgan fingerprint density at radius 3 is 2.75 bits per heavy atom. The first-order valence-electron chi connectivity index (χ1n) is 5.22. The average molecular weight is 220 g/mol. The van der Waals surface area contributed by atoms with E-state index in [-0.39, 0.29) is 18.5 Å². The first kappa shape index (κ1) is 12.2. The van der Waals surface area contributed by atoms with E-state index in [0.717, 1.165) is 5.56 Å². The van der Waals surface area contributed by atoms with Gasteiger partial charge in [-0.15, -0.1) is 0 Å². The van der Waals surface area contributed by atoms with E-state index in [4.69, 9.17) is 10.6 Å². The summed E-state index contributed by atoms with van der Waals surface area (Å²) < 4.78 is 5.02. The molecule has 0 bridgehead atoms. The molecule has 2 N–H and O–H groups in total. The molecule has 1 atom stereocenters. The molecule has 0 spiro atoms. The zero-order chi connectivity index (χ0) is 11.8. The molecule has 0 saturated heterocycles. The molecule has 0 heterocycles. The van der Waals surface area contributed by atoms with Crippen LogP contribution in [0.4, 0.5) is 0 Å². The van der Waals surface area contributed by atoms with Crippen molar-refractivity contribution in [2.24, 2.45) is 10.9 Å². The van der Waals surface area contributed by atoms with Gasteiger partial charge in [0.25, 0.3) is 0 Å². The Kier molecular flexibility index (Phi) is 5.05. The highest BCUT2D eigenvalue weighted by molar-refractivity contribution is 5.79. The minimum absolute atomic E-state index is 0.124. The van der Waals surface area contributed by atoms with Crippen LogP contribution in [0.2, 0.25) is 0 Å². The van der Waals surface area contributed by atoms with Gasteiger partial charge in [-0.05, 0) is 12.0 Å². The molecule has 1 rings (SSSR count). The van der Waals surface area contributed by atoms with Crippen molar-refractivity contribution in [3.8, 4) is 0 Å². The molecule has 0 aliphatic rings. The van der Waals surface area contributed by atoms with Gasteiger partial charge in [-0.2, -0.15) is 5.10 Å². The van der Waals surface area contributed by atoms with E-state index in [9.17, 15) is 4.79 Å². The van der Waals surface area contributed by atoms with Gasteiger partial charge in [-0.3, -0.25) is 4.79 Å². The van der Waals surface area contributed by atoms with E-state index in [1.807, 2.05) is 37.3 Å². The van der Waals surface area contributed by atoms with Gasteiger partial charge in [0, 0.05) is 0 Å². The van der Waals surface area contributed by atoms with Gasteiger partial charge in [-0.25, -0.2) is 0 Å². The number of nitrogens with two attached hydrogens (primary N) is 1. The van der Waals surface area contributed by atoms with E-state index in [2.05, 4.69) is 5.10 Å². The van der Waals surface area contributed by atoms with Gasteiger partial charge >= 0.3 is 5.97 Å². The zero-order valence-electron chi connectivity index (χ0n) is 9.30. The third kappa shape index (κ3) is 3.38. The Labute approximate surface area is 95.1 Å². The molecule has 1 unspecified atom stereocenters. The Morgan fingerprint density at radius 2 is 2.19 bits per heavy atom. The van der Waals surface area contributed by atoms with Crippen LogP contribution in [-0.4, -0.2) is 18.8 Å². The summed E-state index contributed by atoms with van der Waals surface area (Å²) >= 11 is 0. The van der Waals surface area contributed by atoms with Crippen molar-refractivity contribution in [2.75, 3.05) is 6.61 Å². The SMILES string of the molecule is CCC(C(=O)OCC=NN)c1ccccc1. The van der Waals surface area contributed by atoms with Gasteiger partial charge in [-0.1, -0.05) is 37.3 Å². The van der Waals surface area contributed by atoms with Gasteiger partial charge in [0.15, 0.2) is 0 Å². The fourth-order valence-corrected chi connectivity index (χ4v) is 1.49. The fraction of sp³-hybridized carbons (Fsp3) is 0.333. The molecule has 0 fully saturated rings. The highest BCUT2D eigenvalue weighted by atomic mass is 16.5. The van der Waals surface area contributed by atoms with Crippen LogP contribution in [0.3, 0.4) is 0 Å². The lowest BCUT2D eigenvalue weighted by Crippen LogP contribution is -2.16. The van der Waals surface area contributed by atoms with Crippen molar-refractivity contribution < 1.29 is 9.53 Å². The number of hydrazone groups is 1. The van der Waals surface area contributed by atoms with Crippen molar-refractivity contribution in [3.05, 3.63) is 35.9 Å². The summed E-state index contributed by atoms with van der Waals surface area (Å²) in [6.07, 6.45) is 2.07. The lowest BCUT2D eigenvalue weighted by molar-refractivity contribution is -0.143. The smallest absolute Gasteiger partial charge is 0.313 e. The number of nitrogens with zero attached hydrogens (tertiary/aromatic N) is 1. The van der Waals surface area contributed by atoms with Crippen LogP contribution in [-0.2, 0) is 9.53 Å².